The summed E-state index contributed by atoms with van der Waals surface area (Å²) in [5, 5.41) is 11.2. The SMILES string of the molecule is Cc1c(CNC(=S)NCc2ccccc2)cnn1C. The number of nitrogens with zero attached hydrogens (tertiary/aromatic N) is 2. The standard InChI is InChI=1S/C14H18N4S/c1-11-13(10-17-18(11)2)9-16-14(19)15-8-12-6-4-3-5-7-12/h3-7,10H,8-9H2,1-2H3,(H2,15,16,19). The third kappa shape index (κ3) is 3.79. The van der Waals surface area contributed by atoms with E-state index in [4.69, 9.17) is 12.2 Å². The van der Waals surface area contributed by atoms with Gasteiger partial charge in [-0.15, -0.1) is 0 Å². The summed E-state index contributed by atoms with van der Waals surface area (Å²) in [5.74, 6) is 0. The fourth-order valence-corrected chi connectivity index (χ4v) is 1.88. The average Bonchev–Trinajstić information content (AvgIpc) is 2.75. The van der Waals surface area contributed by atoms with Gasteiger partial charge in [-0.2, -0.15) is 5.10 Å². The number of benzene rings is 1. The molecule has 2 aromatic rings. The summed E-state index contributed by atoms with van der Waals surface area (Å²) >= 11 is 5.25. The summed E-state index contributed by atoms with van der Waals surface area (Å²) in [6, 6.07) is 10.2. The van der Waals surface area contributed by atoms with Gasteiger partial charge in [0.2, 0.25) is 0 Å². The van der Waals surface area contributed by atoms with Crippen LogP contribution in [0.4, 0.5) is 0 Å². The monoisotopic (exact) mass is 274 g/mol. The molecule has 0 unspecified atom stereocenters. The molecule has 1 aromatic heterocycles. The predicted molar refractivity (Wildman–Crippen MR) is 80.7 cm³/mol. The van der Waals surface area contributed by atoms with E-state index < -0.39 is 0 Å². The molecule has 1 aromatic carbocycles. The van der Waals surface area contributed by atoms with E-state index in [0.717, 1.165) is 17.8 Å². The van der Waals surface area contributed by atoms with Crippen LogP contribution in [0, 0.1) is 6.92 Å². The summed E-state index contributed by atoms with van der Waals surface area (Å²) in [5.41, 5.74) is 3.52. The van der Waals surface area contributed by atoms with E-state index in [-0.39, 0.29) is 0 Å². The van der Waals surface area contributed by atoms with Crippen LogP contribution in [-0.2, 0) is 20.1 Å². The zero-order valence-corrected chi connectivity index (χ0v) is 12.0. The maximum absolute atomic E-state index is 5.25. The summed E-state index contributed by atoms with van der Waals surface area (Å²) < 4.78 is 1.86. The second-order valence-corrected chi connectivity index (χ2v) is 4.81. The maximum atomic E-state index is 5.25. The molecule has 4 nitrogen and oxygen atoms in total. The van der Waals surface area contributed by atoms with E-state index in [1.54, 1.807) is 0 Å². The molecule has 2 rings (SSSR count). The molecule has 1 heterocycles. The van der Waals surface area contributed by atoms with E-state index in [2.05, 4.69) is 27.9 Å². The van der Waals surface area contributed by atoms with Crippen molar-refractivity contribution in [2.75, 3.05) is 0 Å². The van der Waals surface area contributed by atoms with Gasteiger partial charge in [-0.05, 0) is 24.7 Å². The number of thiocarbonyl (C=S) groups is 1. The highest BCUT2D eigenvalue weighted by Gasteiger charge is 2.03. The molecule has 0 aliphatic rings. The Kier molecular flexibility index (Phi) is 4.52. The number of aryl methyl sites for hydroxylation is 1. The fraction of sp³-hybridized carbons (Fsp3) is 0.286. The van der Waals surface area contributed by atoms with Crippen molar-refractivity contribution in [3.63, 3.8) is 0 Å². The Hall–Kier alpha value is -1.88. The lowest BCUT2D eigenvalue weighted by Crippen LogP contribution is -2.34. The van der Waals surface area contributed by atoms with Crippen molar-refractivity contribution in [2.45, 2.75) is 20.0 Å². The van der Waals surface area contributed by atoms with E-state index in [9.17, 15) is 0 Å². The van der Waals surface area contributed by atoms with Gasteiger partial charge >= 0.3 is 0 Å². The van der Waals surface area contributed by atoms with Gasteiger partial charge in [0.15, 0.2) is 5.11 Å². The zero-order chi connectivity index (χ0) is 13.7. The molecule has 2 N–H and O–H groups in total. The first-order valence-corrected chi connectivity index (χ1v) is 6.60. The van der Waals surface area contributed by atoms with Crippen LogP contribution in [0.25, 0.3) is 0 Å². The molecule has 5 heteroatoms. The van der Waals surface area contributed by atoms with Crippen molar-refractivity contribution >= 4 is 17.3 Å². The van der Waals surface area contributed by atoms with Crippen LogP contribution in [0.3, 0.4) is 0 Å². The average molecular weight is 274 g/mol. The van der Waals surface area contributed by atoms with E-state index >= 15 is 0 Å². The van der Waals surface area contributed by atoms with Gasteiger partial charge in [0, 0.05) is 31.4 Å². The molecular weight excluding hydrogens is 256 g/mol. The summed E-state index contributed by atoms with van der Waals surface area (Å²) in [7, 11) is 1.94. The predicted octanol–water partition coefficient (Wildman–Crippen LogP) is 1.89. The van der Waals surface area contributed by atoms with Crippen LogP contribution in [-0.4, -0.2) is 14.9 Å². The van der Waals surface area contributed by atoms with Gasteiger partial charge in [0.1, 0.15) is 0 Å². The van der Waals surface area contributed by atoms with Crippen molar-refractivity contribution in [3.8, 4) is 0 Å². The second-order valence-electron chi connectivity index (χ2n) is 4.40. The first kappa shape index (κ1) is 13.5. The summed E-state index contributed by atoms with van der Waals surface area (Å²) in [6.07, 6.45) is 1.86. The maximum Gasteiger partial charge on any atom is 0.166 e. The normalized spacial score (nSPS) is 10.2. The van der Waals surface area contributed by atoms with Crippen molar-refractivity contribution in [1.29, 1.82) is 0 Å². The van der Waals surface area contributed by atoms with Crippen LogP contribution in [0.1, 0.15) is 16.8 Å². The first-order chi connectivity index (χ1) is 9.16. The third-order valence-corrected chi connectivity index (χ3v) is 3.36. The van der Waals surface area contributed by atoms with Gasteiger partial charge < -0.3 is 10.6 Å². The highest BCUT2D eigenvalue weighted by atomic mass is 32.1. The van der Waals surface area contributed by atoms with Gasteiger partial charge in [0.05, 0.1) is 6.20 Å². The second kappa shape index (κ2) is 6.33. The smallest absolute Gasteiger partial charge is 0.166 e. The summed E-state index contributed by atoms with van der Waals surface area (Å²) in [6.45, 7) is 3.48. The molecule has 0 fully saturated rings. The Morgan fingerprint density at radius 1 is 1.21 bits per heavy atom. The topological polar surface area (TPSA) is 41.9 Å². The molecule has 0 radical (unpaired) electrons. The molecule has 0 amide bonds. The molecule has 0 bridgehead atoms. The lowest BCUT2D eigenvalue weighted by atomic mass is 10.2. The molecule has 0 aliphatic carbocycles. The van der Waals surface area contributed by atoms with Crippen molar-refractivity contribution in [3.05, 3.63) is 53.3 Å². The lowest BCUT2D eigenvalue weighted by molar-refractivity contribution is 0.735. The highest BCUT2D eigenvalue weighted by molar-refractivity contribution is 7.80. The lowest BCUT2D eigenvalue weighted by Gasteiger charge is -2.10. The van der Waals surface area contributed by atoms with E-state index in [1.165, 1.54) is 5.56 Å². The molecule has 0 atom stereocenters. The number of rotatable bonds is 4. The van der Waals surface area contributed by atoms with Gasteiger partial charge in [-0.3, -0.25) is 4.68 Å². The molecule has 19 heavy (non-hydrogen) atoms. The zero-order valence-electron chi connectivity index (χ0n) is 11.2. The van der Waals surface area contributed by atoms with Crippen molar-refractivity contribution in [1.82, 2.24) is 20.4 Å². The molecule has 100 valence electrons. The third-order valence-electron chi connectivity index (χ3n) is 3.07. The fourth-order valence-electron chi connectivity index (χ4n) is 1.73. The Morgan fingerprint density at radius 3 is 2.53 bits per heavy atom. The van der Waals surface area contributed by atoms with Crippen LogP contribution in [0.2, 0.25) is 0 Å². The minimum absolute atomic E-state index is 0.659. The van der Waals surface area contributed by atoms with Crippen LogP contribution < -0.4 is 10.6 Å². The van der Waals surface area contributed by atoms with E-state index in [0.29, 0.717) is 11.7 Å². The van der Waals surface area contributed by atoms with Crippen LogP contribution >= 0.6 is 12.2 Å². The largest absolute Gasteiger partial charge is 0.359 e. The Labute approximate surface area is 118 Å². The Morgan fingerprint density at radius 2 is 1.89 bits per heavy atom. The van der Waals surface area contributed by atoms with Crippen LogP contribution in [0.15, 0.2) is 36.5 Å². The molecular formula is C14H18N4S. The highest BCUT2D eigenvalue weighted by Crippen LogP contribution is 2.04. The van der Waals surface area contributed by atoms with Gasteiger partial charge in [-0.1, -0.05) is 30.3 Å². The summed E-state index contributed by atoms with van der Waals surface area (Å²) in [4.78, 5) is 0. The minimum Gasteiger partial charge on any atom is -0.359 e. The molecule has 0 saturated carbocycles. The molecule has 0 spiro atoms. The Balaban J connectivity index is 1.78. The number of hydrogen-bond donors (Lipinski definition) is 2. The first-order valence-electron chi connectivity index (χ1n) is 6.20. The van der Waals surface area contributed by atoms with Gasteiger partial charge in [-0.25, -0.2) is 0 Å². The van der Waals surface area contributed by atoms with Gasteiger partial charge in [0.25, 0.3) is 0 Å². The number of nitrogens with one attached hydrogen (secondary N) is 2. The van der Waals surface area contributed by atoms with Crippen molar-refractivity contribution in [2.24, 2.45) is 7.05 Å². The Bertz CT molecular complexity index is 548. The van der Waals surface area contributed by atoms with E-state index in [1.807, 2.05) is 43.0 Å². The number of hydrogen-bond acceptors (Lipinski definition) is 2. The van der Waals surface area contributed by atoms with Crippen LogP contribution in [0.5, 0.6) is 0 Å². The quantitative estimate of drug-likeness (QED) is 0.836. The molecule has 0 aliphatic heterocycles. The molecule has 0 saturated heterocycles. The number of aromatic nitrogens is 2. The minimum atomic E-state index is 0.659. The van der Waals surface area contributed by atoms with Crippen molar-refractivity contribution < 1.29 is 0 Å².